The van der Waals surface area contributed by atoms with Crippen molar-refractivity contribution in [2.45, 2.75) is 38.3 Å². The zero-order chi connectivity index (χ0) is 20.3. The molecule has 28 heavy (non-hydrogen) atoms. The molecule has 1 aliphatic heterocycles. The number of nitrogens with two attached hydrogens (primary N) is 1. The number of nitrogens with one attached hydrogen (secondary N) is 1. The molecular weight excluding hydrogens is 367 g/mol. The van der Waals surface area contributed by atoms with Gasteiger partial charge in [0, 0.05) is 18.3 Å². The number of carbonyl (C=O) groups excluding carboxylic acids is 3. The van der Waals surface area contributed by atoms with Crippen LogP contribution in [0.1, 0.15) is 26.2 Å². The number of nitrogens with zero attached hydrogens (tertiary/aromatic N) is 2. The molecule has 2 fully saturated rings. The maximum Gasteiger partial charge on any atom is 0.253 e. The molecule has 0 unspecified atom stereocenters. The van der Waals surface area contributed by atoms with E-state index in [9.17, 15) is 18.8 Å². The van der Waals surface area contributed by atoms with Crippen molar-refractivity contribution in [3.05, 3.63) is 24.0 Å². The molecule has 0 radical (unpaired) electrons. The molecule has 1 atom stereocenters. The number of amides is 3. The highest BCUT2D eigenvalue weighted by molar-refractivity contribution is 6.09. The first kappa shape index (κ1) is 20.2. The monoisotopic (exact) mass is 392 g/mol. The van der Waals surface area contributed by atoms with Crippen molar-refractivity contribution in [1.29, 1.82) is 0 Å². The van der Waals surface area contributed by atoms with E-state index in [0.29, 0.717) is 13.2 Å². The van der Waals surface area contributed by atoms with Crippen molar-refractivity contribution < 1.29 is 23.5 Å². The summed E-state index contributed by atoms with van der Waals surface area (Å²) in [7, 11) is 0. The number of ether oxygens (including phenoxy) is 1. The van der Waals surface area contributed by atoms with Gasteiger partial charge in [-0.3, -0.25) is 19.3 Å². The van der Waals surface area contributed by atoms with Crippen LogP contribution in [0.15, 0.2) is 18.2 Å². The van der Waals surface area contributed by atoms with Crippen LogP contribution in [-0.4, -0.2) is 61.0 Å². The van der Waals surface area contributed by atoms with E-state index in [1.165, 1.54) is 17.0 Å². The molecule has 152 valence electrons. The van der Waals surface area contributed by atoms with Crippen LogP contribution in [-0.2, 0) is 19.1 Å². The summed E-state index contributed by atoms with van der Waals surface area (Å²) in [5.41, 5.74) is 5.80. The Bertz CT molecular complexity index is 768. The molecule has 1 saturated carbocycles. The number of anilines is 2. The average molecular weight is 392 g/mol. The summed E-state index contributed by atoms with van der Waals surface area (Å²) in [6, 6.07) is 3.10. The van der Waals surface area contributed by atoms with E-state index >= 15 is 0 Å². The zero-order valence-electron chi connectivity index (χ0n) is 15.8. The van der Waals surface area contributed by atoms with Crippen molar-refractivity contribution in [2.75, 3.05) is 36.5 Å². The van der Waals surface area contributed by atoms with E-state index in [1.807, 2.05) is 6.92 Å². The van der Waals surface area contributed by atoms with Crippen LogP contribution >= 0.6 is 0 Å². The fourth-order valence-corrected chi connectivity index (χ4v) is 3.60. The minimum atomic E-state index is -1.11. The lowest BCUT2D eigenvalue weighted by molar-refractivity contribution is -0.134. The molecular formula is C19H25FN4O4. The molecule has 1 aliphatic carbocycles. The number of halogens is 1. The number of primary amides is 1. The highest BCUT2D eigenvalue weighted by Gasteiger charge is 2.37. The van der Waals surface area contributed by atoms with Gasteiger partial charge in [-0.2, -0.15) is 0 Å². The third-order valence-electron chi connectivity index (χ3n) is 5.25. The SMILES string of the molecule is CCN(C1CCC1)[C@H](C(N)=O)C(=O)Nc1ccc(N2CCOCC2=O)c(F)c1. The van der Waals surface area contributed by atoms with Gasteiger partial charge in [0.25, 0.3) is 11.8 Å². The van der Waals surface area contributed by atoms with E-state index in [0.717, 1.165) is 25.3 Å². The molecule has 1 aromatic rings. The lowest BCUT2D eigenvalue weighted by atomic mass is 9.90. The highest BCUT2D eigenvalue weighted by Crippen LogP contribution is 2.27. The molecule has 3 amide bonds. The molecule has 1 saturated heterocycles. The second-order valence-corrected chi connectivity index (χ2v) is 6.97. The van der Waals surface area contributed by atoms with E-state index in [1.54, 1.807) is 4.90 Å². The number of benzene rings is 1. The summed E-state index contributed by atoms with van der Waals surface area (Å²) in [6.07, 6.45) is 2.89. The molecule has 8 nitrogen and oxygen atoms in total. The predicted molar refractivity (Wildman–Crippen MR) is 101 cm³/mol. The number of rotatable bonds is 7. The average Bonchev–Trinajstić information content (AvgIpc) is 2.60. The highest BCUT2D eigenvalue weighted by atomic mass is 19.1. The maximum absolute atomic E-state index is 14.5. The van der Waals surface area contributed by atoms with Crippen LogP contribution in [0.4, 0.5) is 15.8 Å². The van der Waals surface area contributed by atoms with Gasteiger partial charge >= 0.3 is 0 Å². The number of morpholine rings is 1. The largest absolute Gasteiger partial charge is 0.370 e. The molecule has 3 N–H and O–H groups in total. The van der Waals surface area contributed by atoms with Crippen molar-refractivity contribution >= 4 is 29.1 Å². The first-order chi connectivity index (χ1) is 13.4. The van der Waals surface area contributed by atoms with Gasteiger partial charge in [-0.15, -0.1) is 0 Å². The third kappa shape index (κ3) is 4.15. The summed E-state index contributed by atoms with van der Waals surface area (Å²) in [5.74, 6) is -2.29. The van der Waals surface area contributed by atoms with Crippen LogP contribution in [0.5, 0.6) is 0 Å². The van der Waals surface area contributed by atoms with E-state index in [-0.39, 0.29) is 36.5 Å². The predicted octanol–water partition coefficient (Wildman–Crippen LogP) is 0.856. The first-order valence-electron chi connectivity index (χ1n) is 9.46. The lowest BCUT2D eigenvalue weighted by Crippen LogP contribution is -2.57. The van der Waals surface area contributed by atoms with Crippen LogP contribution in [0, 0.1) is 5.82 Å². The Morgan fingerprint density at radius 1 is 1.43 bits per heavy atom. The molecule has 0 bridgehead atoms. The standard InChI is InChI=1S/C19H25FN4O4/c1-2-23(13-4-3-5-13)17(18(21)26)19(27)22-12-6-7-15(14(20)10-12)24-8-9-28-11-16(24)25/h6-7,10,13,17H,2-5,8-9,11H2,1H3,(H2,21,26)(H,22,27)/t17-/m1/s1. The van der Waals surface area contributed by atoms with E-state index in [2.05, 4.69) is 5.32 Å². The minimum Gasteiger partial charge on any atom is -0.370 e. The minimum absolute atomic E-state index is 0.0910. The van der Waals surface area contributed by atoms with Gasteiger partial charge in [-0.05, 0) is 37.6 Å². The van der Waals surface area contributed by atoms with Gasteiger partial charge in [-0.25, -0.2) is 4.39 Å². The van der Waals surface area contributed by atoms with E-state index < -0.39 is 23.7 Å². The van der Waals surface area contributed by atoms with Gasteiger partial charge in [-0.1, -0.05) is 13.3 Å². The Balaban J connectivity index is 1.74. The van der Waals surface area contributed by atoms with Gasteiger partial charge in [0.05, 0.1) is 12.3 Å². The Hall–Kier alpha value is -2.52. The Morgan fingerprint density at radius 3 is 2.71 bits per heavy atom. The van der Waals surface area contributed by atoms with Crippen molar-refractivity contribution in [1.82, 2.24) is 4.90 Å². The topological polar surface area (TPSA) is 105 Å². The van der Waals surface area contributed by atoms with Crippen molar-refractivity contribution in [3.8, 4) is 0 Å². The van der Waals surface area contributed by atoms with Gasteiger partial charge in [0.1, 0.15) is 12.4 Å². The first-order valence-corrected chi connectivity index (χ1v) is 9.46. The third-order valence-corrected chi connectivity index (χ3v) is 5.25. The molecule has 2 aliphatic rings. The molecule has 9 heteroatoms. The summed E-state index contributed by atoms with van der Waals surface area (Å²) < 4.78 is 19.6. The number of carbonyl (C=O) groups is 3. The van der Waals surface area contributed by atoms with Crippen LogP contribution in [0.2, 0.25) is 0 Å². The second kappa shape index (κ2) is 8.66. The molecule has 0 aromatic heterocycles. The Morgan fingerprint density at radius 2 is 2.18 bits per heavy atom. The van der Waals surface area contributed by atoms with Crippen LogP contribution < -0.4 is 16.0 Å². The molecule has 3 rings (SSSR count). The molecule has 1 heterocycles. The van der Waals surface area contributed by atoms with Crippen LogP contribution in [0.3, 0.4) is 0 Å². The number of hydrogen-bond donors (Lipinski definition) is 2. The fourth-order valence-electron chi connectivity index (χ4n) is 3.60. The normalized spacial score (nSPS) is 18.7. The second-order valence-electron chi connectivity index (χ2n) is 6.97. The summed E-state index contributed by atoms with van der Waals surface area (Å²) in [6.45, 7) is 2.88. The smallest absolute Gasteiger partial charge is 0.253 e. The molecule has 1 aromatic carbocycles. The zero-order valence-corrected chi connectivity index (χ0v) is 15.8. The quantitative estimate of drug-likeness (QED) is 0.670. The molecule has 0 spiro atoms. The van der Waals surface area contributed by atoms with Gasteiger partial charge < -0.3 is 20.7 Å². The summed E-state index contributed by atoms with van der Waals surface area (Å²) >= 11 is 0. The maximum atomic E-state index is 14.5. The number of likely N-dealkylation sites (N-methyl/N-ethyl adjacent to an activating group) is 1. The van der Waals surface area contributed by atoms with Crippen LogP contribution in [0.25, 0.3) is 0 Å². The van der Waals surface area contributed by atoms with Gasteiger partial charge in [0.15, 0.2) is 6.04 Å². The Labute approximate surface area is 162 Å². The van der Waals surface area contributed by atoms with Crippen molar-refractivity contribution in [2.24, 2.45) is 5.73 Å². The van der Waals surface area contributed by atoms with E-state index in [4.69, 9.17) is 10.5 Å². The number of hydrogen-bond acceptors (Lipinski definition) is 5. The summed E-state index contributed by atoms with van der Waals surface area (Å²) in [4.78, 5) is 39.6. The fraction of sp³-hybridized carbons (Fsp3) is 0.526. The summed E-state index contributed by atoms with van der Waals surface area (Å²) in [5, 5.41) is 2.57. The van der Waals surface area contributed by atoms with Gasteiger partial charge in [0.2, 0.25) is 5.91 Å². The Kier molecular flexibility index (Phi) is 6.25. The lowest BCUT2D eigenvalue weighted by Gasteiger charge is -2.40. The van der Waals surface area contributed by atoms with Crippen molar-refractivity contribution in [3.63, 3.8) is 0 Å².